The summed E-state index contributed by atoms with van der Waals surface area (Å²) in [7, 11) is 0. The smallest absolute Gasteiger partial charge is 0.189 e. The molecule has 3 heteroatoms. The number of nitrogens with zero attached hydrogens (tertiary/aromatic N) is 1. The highest BCUT2D eigenvalue weighted by Crippen LogP contribution is 2.25. The van der Waals surface area contributed by atoms with Crippen LogP contribution < -0.4 is 11.1 Å². The molecule has 0 radical (unpaired) electrons. The molecular weight excluding hydrogens is 162 g/mol. The van der Waals surface area contributed by atoms with Crippen LogP contribution in [0.25, 0.3) is 0 Å². The van der Waals surface area contributed by atoms with Crippen molar-refractivity contribution >= 4 is 5.96 Å². The summed E-state index contributed by atoms with van der Waals surface area (Å²) in [5.74, 6) is 1.52. The van der Waals surface area contributed by atoms with Gasteiger partial charge in [0.15, 0.2) is 5.96 Å². The highest BCUT2D eigenvalue weighted by Gasteiger charge is 2.23. The van der Waals surface area contributed by atoms with Gasteiger partial charge in [-0.2, -0.15) is 0 Å². The number of hydrogen-bond acceptors (Lipinski definition) is 1. The highest BCUT2D eigenvalue weighted by molar-refractivity contribution is 5.78. The number of nitrogens with one attached hydrogen (secondary N) is 1. The van der Waals surface area contributed by atoms with Crippen molar-refractivity contribution in [2.24, 2.45) is 16.6 Å². The molecule has 2 rings (SSSR count). The van der Waals surface area contributed by atoms with Crippen molar-refractivity contribution in [1.82, 2.24) is 5.32 Å². The molecule has 0 bridgehead atoms. The third-order valence-electron chi connectivity index (χ3n) is 2.92. The van der Waals surface area contributed by atoms with E-state index in [9.17, 15) is 0 Å². The Morgan fingerprint density at radius 1 is 1.31 bits per heavy atom. The van der Waals surface area contributed by atoms with Gasteiger partial charge in [0.05, 0.1) is 6.04 Å². The molecule has 0 aromatic rings. The first kappa shape index (κ1) is 8.85. The largest absolute Gasteiger partial charge is 0.370 e. The number of nitrogens with two attached hydrogens (primary N) is 1. The molecule has 2 unspecified atom stereocenters. The van der Waals surface area contributed by atoms with Gasteiger partial charge in [0.2, 0.25) is 0 Å². The predicted octanol–water partition coefficient (Wildman–Crippen LogP) is 1.24. The number of rotatable bonds is 2. The van der Waals surface area contributed by atoms with Gasteiger partial charge in [-0.15, -0.1) is 0 Å². The molecule has 74 valence electrons. The molecule has 0 spiro atoms. The quantitative estimate of drug-likeness (QED) is 0.497. The van der Waals surface area contributed by atoms with Crippen LogP contribution in [0, 0.1) is 5.92 Å². The van der Waals surface area contributed by atoms with E-state index in [1.54, 1.807) is 0 Å². The van der Waals surface area contributed by atoms with E-state index >= 15 is 0 Å². The van der Waals surface area contributed by atoms with Crippen LogP contribution in [0.4, 0.5) is 0 Å². The molecule has 0 saturated heterocycles. The van der Waals surface area contributed by atoms with Crippen molar-refractivity contribution in [1.29, 1.82) is 0 Å². The van der Waals surface area contributed by atoms with Crippen LogP contribution in [0.2, 0.25) is 0 Å². The Kier molecular flexibility index (Phi) is 2.42. The molecule has 0 heterocycles. The molecule has 2 atom stereocenters. The topological polar surface area (TPSA) is 50.4 Å². The lowest BCUT2D eigenvalue weighted by Gasteiger charge is -2.12. The fraction of sp³-hybridized carbons (Fsp3) is 0.900. The third-order valence-corrected chi connectivity index (χ3v) is 2.92. The average molecular weight is 181 g/mol. The first-order valence-electron chi connectivity index (χ1n) is 5.34. The maximum atomic E-state index is 5.78. The number of hydrogen-bond donors (Lipinski definition) is 2. The second-order valence-electron chi connectivity index (χ2n) is 4.50. The van der Waals surface area contributed by atoms with Crippen LogP contribution >= 0.6 is 0 Å². The number of aliphatic imine (C=N–C) groups is 1. The molecule has 2 aliphatic carbocycles. The summed E-state index contributed by atoms with van der Waals surface area (Å²) < 4.78 is 0. The van der Waals surface area contributed by atoms with Gasteiger partial charge >= 0.3 is 0 Å². The molecule has 3 N–H and O–H groups in total. The number of guanidine groups is 1. The van der Waals surface area contributed by atoms with Crippen LogP contribution in [-0.2, 0) is 0 Å². The van der Waals surface area contributed by atoms with Crippen molar-refractivity contribution in [2.45, 2.75) is 51.1 Å². The van der Waals surface area contributed by atoms with Crippen molar-refractivity contribution in [2.75, 3.05) is 0 Å². The van der Waals surface area contributed by atoms with E-state index in [4.69, 9.17) is 5.73 Å². The Morgan fingerprint density at radius 2 is 2.08 bits per heavy atom. The Hall–Kier alpha value is -0.730. The zero-order chi connectivity index (χ0) is 9.26. The van der Waals surface area contributed by atoms with Crippen LogP contribution in [0.5, 0.6) is 0 Å². The monoisotopic (exact) mass is 181 g/mol. The second kappa shape index (κ2) is 3.56. The summed E-state index contributed by atoms with van der Waals surface area (Å²) in [6.07, 6.45) is 6.28. The lowest BCUT2D eigenvalue weighted by Crippen LogP contribution is -2.38. The van der Waals surface area contributed by atoms with Crippen LogP contribution in [-0.4, -0.2) is 18.0 Å². The van der Waals surface area contributed by atoms with Crippen LogP contribution in [0.15, 0.2) is 4.99 Å². The van der Waals surface area contributed by atoms with Gasteiger partial charge in [0.1, 0.15) is 0 Å². The van der Waals surface area contributed by atoms with E-state index in [0.29, 0.717) is 18.0 Å². The second-order valence-corrected chi connectivity index (χ2v) is 4.50. The summed E-state index contributed by atoms with van der Waals surface area (Å²) in [5, 5.41) is 3.31. The van der Waals surface area contributed by atoms with E-state index in [-0.39, 0.29) is 0 Å². The van der Waals surface area contributed by atoms with Crippen molar-refractivity contribution in [3.63, 3.8) is 0 Å². The van der Waals surface area contributed by atoms with Gasteiger partial charge < -0.3 is 11.1 Å². The molecule has 2 aliphatic rings. The summed E-state index contributed by atoms with van der Waals surface area (Å²) in [4.78, 5) is 4.36. The van der Waals surface area contributed by atoms with Crippen molar-refractivity contribution in [3.05, 3.63) is 0 Å². The van der Waals surface area contributed by atoms with Crippen LogP contribution in [0.3, 0.4) is 0 Å². The normalized spacial score (nSPS) is 35.0. The third kappa shape index (κ3) is 2.61. The molecule has 2 saturated carbocycles. The minimum Gasteiger partial charge on any atom is -0.370 e. The lowest BCUT2D eigenvalue weighted by atomic mass is 10.1. The molecule has 3 nitrogen and oxygen atoms in total. The van der Waals surface area contributed by atoms with Gasteiger partial charge in [0.25, 0.3) is 0 Å². The zero-order valence-electron chi connectivity index (χ0n) is 8.29. The SMILES string of the molecule is CC1CCC(NC(N)=NC2CC2)C1. The van der Waals surface area contributed by atoms with E-state index in [0.717, 1.165) is 5.92 Å². The van der Waals surface area contributed by atoms with Crippen LogP contribution in [0.1, 0.15) is 39.0 Å². The summed E-state index contributed by atoms with van der Waals surface area (Å²) in [6, 6.07) is 1.11. The van der Waals surface area contributed by atoms with Crippen molar-refractivity contribution < 1.29 is 0 Å². The average Bonchev–Trinajstić information content (AvgIpc) is 2.76. The summed E-state index contributed by atoms with van der Waals surface area (Å²) in [5.41, 5.74) is 5.78. The maximum Gasteiger partial charge on any atom is 0.189 e. The maximum absolute atomic E-state index is 5.78. The van der Waals surface area contributed by atoms with Gasteiger partial charge in [-0.1, -0.05) is 6.92 Å². The van der Waals surface area contributed by atoms with E-state index in [1.807, 2.05) is 0 Å². The fourth-order valence-corrected chi connectivity index (χ4v) is 1.98. The van der Waals surface area contributed by atoms with Gasteiger partial charge in [-0.3, -0.25) is 4.99 Å². The zero-order valence-corrected chi connectivity index (χ0v) is 8.29. The lowest BCUT2D eigenvalue weighted by molar-refractivity contribution is 0.568. The highest BCUT2D eigenvalue weighted by atomic mass is 15.1. The molecule has 13 heavy (non-hydrogen) atoms. The van der Waals surface area contributed by atoms with E-state index < -0.39 is 0 Å². The fourth-order valence-electron chi connectivity index (χ4n) is 1.98. The van der Waals surface area contributed by atoms with E-state index in [2.05, 4.69) is 17.2 Å². The Morgan fingerprint density at radius 3 is 2.62 bits per heavy atom. The Bertz CT molecular complexity index is 208. The first-order valence-corrected chi connectivity index (χ1v) is 5.34. The minimum atomic E-state index is 0.534. The molecule has 0 aromatic heterocycles. The molecular formula is C10H19N3. The molecule has 0 amide bonds. The summed E-state index contributed by atoms with van der Waals surface area (Å²) >= 11 is 0. The van der Waals surface area contributed by atoms with Crippen molar-refractivity contribution in [3.8, 4) is 0 Å². The Balaban J connectivity index is 1.76. The standard InChI is InChI=1S/C10H19N3/c1-7-2-3-9(6-7)13-10(11)12-8-4-5-8/h7-9H,2-6H2,1H3,(H3,11,12,13). The van der Waals surface area contributed by atoms with Gasteiger partial charge in [-0.25, -0.2) is 0 Å². The minimum absolute atomic E-state index is 0.534. The van der Waals surface area contributed by atoms with Gasteiger partial charge in [-0.05, 0) is 38.0 Å². The molecule has 0 aliphatic heterocycles. The molecule has 0 aromatic carbocycles. The van der Waals surface area contributed by atoms with Gasteiger partial charge in [0, 0.05) is 6.04 Å². The first-order chi connectivity index (χ1) is 6.24. The Labute approximate surface area is 79.8 Å². The predicted molar refractivity (Wildman–Crippen MR) is 54.6 cm³/mol. The summed E-state index contributed by atoms with van der Waals surface area (Å²) in [6.45, 7) is 2.30. The van der Waals surface area contributed by atoms with E-state index in [1.165, 1.54) is 32.1 Å². The molecule has 2 fully saturated rings.